The molecule has 0 bridgehead atoms. The Labute approximate surface area is 179 Å². The smallest absolute Gasteiger partial charge is 0.183 e. The first-order valence-corrected chi connectivity index (χ1v) is 10.4. The van der Waals surface area contributed by atoms with Gasteiger partial charge in [0.05, 0.1) is 18.7 Å². The quantitative estimate of drug-likeness (QED) is 0.520. The Morgan fingerprint density at radius 2 is 1.79 bits per heavy atom. The number of nitrogens with zero attached hydrogens (tertiary/aromatic N) is 1. The van der Waals surface area contributed by atoms with Crippen LogP contribution < -0.4 is 14.0 Å². The minimum Gasteiger partial charge on any atom is -0.493 e. The van der Waals surface area contributed by atoms with E-state index in [-0.39, 0.29) is 11.7 Å². The van der Waals surface area contributed by atoms with Crippen molar-refractivity contribution < 1.29 is 18.8 Å². The molecule has 0 saturated heterocycles. The molecule has 1 aliphatic rings. The summed E-state index contributed by atoms with van der Waals surface area (Å²) in [6.45, 7) is 0.813. The molecule has 1 atom stereocenters. The van der Waals surface area contributed by atoms with E-state index in [4.69, 9.17) is 9.47 Å². The van der Waals surface area contributed by atoms with Crippen LogP contribution >= 0.6 is 15.9 Å². The van der Waals surface area contributed by atoms with Gasteiger partial charge < -0.3 is 9.47 Å². The van der Waals surface area contributed by atoms with Gasteiger partial charge in [-0.05, 0) is 52.0 Å². The van der Waals surface area contributed by atoms with Crippen LogP contribution in [0.2, 0.25) is 0 Å². The van der Waals surface area contributed by atoms with Crippen molar-refractivity contribution in [1.82, 2.24) is 0 Å². The average Bonchev–Trinajstić information content (AvgIpc) is 3.04. The molecular weight excluding hydrogens is 430 g/mol. The van der Waals surface area contributed by atoms with E-state index < -0.39 is 0 Å². The number of ether oxygens (including phenoxy) is 2. The number of fused-ring (bicyclic) bond motifs is 1. The molecule has 1 unspecified atom stereocenters. The van der Waals surface area contributed by atoms with Crippen molar-refractivity contribution >= 4 is 21.7 Å². The fraction of sp³-hybridized carbons (Fsp3) is 0.250. The van der Waals surface area contributed by atoms with E-state index in [9.17, 15) is 4.79 Å². The van der Waals surface area contributed by atoms with Crippen molar-refractivity contribution in [3.63, 3.8) is 0 Å². The Morgan fingerprint density at radius 1 is 1.07 bits per heavy atom. The second-order valence-electron chi connectivity index (χ2n) is 7.31. The molecule has 1 heterocycles. The first-order chi connectivity index (χ1) is 14.1. The highest BCUT2D eigenvalue weighted by atomic mass is 79.9. The highest BCUT2D eigenvalue weighted by Crippen LogP contribution is 2.38. The summed E-state index contributed by atoms with van der Waals surface area (Å²) in [5.74, 6) is 1.38. The van der Waals surface area contributed by atoms with Crippen LogP contribution in [0.3, 0.4) is 0 Å². The van der Waals surface area contributed by atoms with Gasteiger partial charge in [-0.15, -0.1) is 0 Å². The molecule has 4 rings (SSSR count). The molecule has 4 nitrogen and oxygen atoms in total. The average molecular weight is 453 g/mol. The van der Waals surface area contributed by atoms with Crippen molar-refractivity contribution in [3.8, 4) is 11.5 Å². The SMILES string of the molecule is COc1cc2c(cc1OC)C(=O)C(Cc1cc[n+](Cc3ccccc3)cc1Br)C2. The van der Waals surface area contributed by atoms with E-state index in [0.29, 0.717) is 17.9 Å². The van der Waals surface area contributed by atoms with Gasteiger partial charge in [-0.1, -0.05) is 30.3 Å². The summed E-state index contributed by atoms with van der Waals surface area (Å²) in [6, 6.07) is 16.2. The number of halogens is 1. The van der Waals surface area contributed by atoms with E-state index in [1.165, 1.54) is 5.56 Å². The van der Waals surface area contributed by atoms with Crippen molar-refractivity contribution in [2.45, 2.75) is 19.4 Å². The van der Waals surface area contributed by atoms with Crippen LogP contribution in [-0.4, -0.2) is 20.0 Å². The lowest BCUT2D eigenvalue weighted by Crippen LogP contribution is -2.33. The molecule has 29 heavy (non-hydrogen) atoms. The van der Waals surface area contributed by atoms with E-state index in [1.54, 1.807) is 14.2 Å². The molecule has 1 aromatic heterocycles. The predicted molar refractivity (Wildman–Crippen MR) is 115 cm³/mol. The summed E-state index contributed by atoms with van der Waals surface area (Å²) in [5, 5.41) is 0. The lowest BCUT2D eigenvalue weighted by Gasteiger charge is -2.09. The topological polar surface area (TPSA) is 39.4 Å². The summed E-state index contributed by atoms with van der Waals surface area (Å²) in [5.41, 5.74) is 4.17. The highest BCUT2D eigenvalue weighted by molar-refractivity contribution is 9.10. The van der Waals surface area contributed by atoms with Gasteiger partial charge in [0, 0.05) is 23.1 Å². The van der Waals surface area contributed by atoms with E-state index >= 15 is 0 Å². The largest absolute Gasteiger partial charge is 0.493 e. The molecule has 5 heteroatoms. The van der Waals surface area contributed by atoms with Crippen molar-refractivity contribution in [2.75, 3.05) is 14.2 Å². The fourth-order valence-corrected chi connectivity index (χ4v) is 4.48. The number of hydrogen-bond acceptors (Lipinski definition) is 3. The van der Waals surface area contributed by atoms with Crippen LogP contribution in [0.4, 0.5) is 0 Å². The fourth-order valence-electron chi connectivity index (χ4n) is 3.92. The van der Waals surface area contributed by atoms with Gasteiger partial charge in [-0.25, -0.2) is 0 Å². The molecule has 0 N–H and O–H groups in total. The standard InChI is InChI=1S/C24H23BrNO3/c1-28-22-12-18-11-19(24(27)20(18)13-23(22)29-2)10-17-8-9-26(15-21(17)25)14-16-6-4-3-5-7-16/h3-9,12-13,15,19H,10-11,14H2,1-2H3/q+1. The third kappa shape index (κ3) is 4.06. The van der Waals surface area contributed by atoms with E-state index in [2.05, 4.69) is 51.1 Å². The van der Waals surface area contributed by atoms with Gasteiger partial charge in [-0.2, -0.15) is 4.57 Å². The first-order valence-electron chi connectivity index (χ1n) is 9.59. The molecule has 1 aliphatic carbocycles. The summed E-state index contributed by atoms with van der Waals surface area (Å²) in [6.07, 6.45) is 5.58. The van der Waals surface area contributed by atoms with Crippen LogP contribution in [0.5, 0.6) is 11.5 Å². The van der Waals surface area contributed by atoms with Crippen molar-refractivity contribution in [2.24, 2.45) is 5.92 Å². The van der Waals surface area contributed by atoms with Gasteiger partial charge >= 0.3 is 0 Å². The summed E-state index contributed by atoms with van der Waals surface area (Å²) >= 11 is 3.70. The van der Waals surface area contributed by atoms with Crippen LogP contribution in [0.1, 0.15) is 27.0 Å². The predicted octanol–water partition coefficient (Wildman–Crippen LogP) is 4.40. The van der Waals surface area contributed by atoms with Crippen molar-refractivity contribution in [1.29, 1.82) is 0 Å². The lowest BCUT2D eigenvalue weighted by atomic mass is 9.96. The number of methoxy groups -OCH3 is 2. The van der Waals surface area contributed by atoms with E-state index in [1.807, 2.05) is 30.3 Å². The molecule has 0 fully saturated rings. The number of pyridine rings is 1. The van der Waals surface area contributed by atoms with Gasteiger partial charge in [0.15, 0.2) is 36.2 Å². The van der Waals surface area contributed by atoms with Crippen LogP contribution in [-0.2, 0) is 19.4 Å². The summed E-state index contributed by atoms with van der Waals surface area (Å²) in [4.78, 5) is 13.0. The van der Waals surface area contributed by atoms with E-state index in [0.717, 1.165) is 34.1 Å². The number of hydrogen-bond donors (Lipinski definition) is 0. The second-order valence-corrected chi connectivity index (χ2v) is 8.16. The Bertz CT molecular complexity index is 1050. The Hall–Kier alpha value is -2.66. The monoisotopic (exact) mass is 452 g/mol. The summed E-state index contributed by atoms with van der Waals surface area (Å²) in [7, 11) is 3.21. The zero-order valence-corrected chi connectivity index (χ0v) is 18.1. The van der Waals surface area contributed by atoms with Crippen LogP contribution in [0.15, 0.2) is 65.4 Å². The maximum absolute atomic E-state index is 13.0. The van der Waals surface area contributed by atoms with Gasteiger partial charge in [-0.3, -0.25) is 4.79 Å². The summed E-state index contributed by atoms with van der Waals surface area (Å²) < 4.78 is 13.9. The Balaban J connectivity index is 1.51. The van der Waals surface area contributed by atoms with Gasteiger partial charge in [0.2, 0.25) is 0 Å². The molecule has 0 amide bonds. The molecule has 0 radical (unpaired) electrons. The van der Waals surface area contributed by atoms with Gasteiger partial charge in [0.25, 0.3) is 0 Å². The maximum atomic E-state index is 13.0. The third-order valence-corrected chi connectivity index (χ3v) is 6.15. The maximum Gasteiger partial charge on any atom is 0.183 e. The van der Waals surface area contributed by atoms with Crippen LogP contribution in [0, 0.1) is 5.92 Å². The normalized spacial score (nSPS) is 15.3. The molecule has 0 saturated carbocycles. The van der Waals surface area contributed by atoms with Gasteiger partial charge in [0.1, 0.15) is 0 Å². The van der Waals surface area contributed by atoms with Crippen LogP contribution in [0.25, 0.3) is 0 Å². The number of Topliss-reactive ketones (excluding diaryl/α,β-unsaturated/α-hetero) is 1. The second kappa shape index (κ2) is 8.37. The molecular formula is C24H23BrNO3+. The zero-order valence-electron chi connectivity index (χ0n) is 16.5. The number of rotatable bonds is 6. The molecule has 148 valence electrons. The minimum absolute atomic E-state index is 0.0666. The molecule has 3 aromatic rings. The number of ketones is 1. The van der Waals surface area contributed by atoms with Crippen molar-refractivity contribution in [3.05, 3.63) is 87.7 Å². The third-order valence-electron chi connectivity index (χ3n) is 5.44. The number of benzene rings is 2. The minimum atomic E-state index is -0.0666. The number of carbonyl (C=O) groups excluding carboxylic acids is 1. The Morgan fingerprint density at radius 3 is 2.48 bits per heavy atom. The first kappa shape index (κ1) is 19.6. The molecule has 0 aliphatic heterocycles. The molecule has 0 spiro atoms. The number of aromatic nitrogens is 1. The lowest BCUT2D eigenvalue weighted by molar-refractivity contribution is -0.689. The molecule has 2 aromatic carbocycles. The number of carbonyl (C=O) groups is 1. The highest BCUT2D eigenvalue weighted by Gasteiger charge is 2.32. The zero-order chi connectivity index (χ0) is 20.4. The Kier molecular flexibility index (Phi) is 5.67.